The van der Waals surface area contributed by atoms with Gasteiger partial charge in [-0.15, -0.1) is 0 Å². The molecule has 11 heteroatoms. The van der Waals surface area contributed by atoms with Crippen LogP contribution in [0.4, 0.5) is 0 Å². The van der Waals surface area contributed by atoms with Crippen molar-refractivity contribution in [3.8, 4) is 11.5 Å². The second-order valence-electron chi connectivity index (χ2n) is 8.33. The van der Waals surface area contributed by atoms with Gasteiger partial charge in [0.15, 0.2) is 11.5 Å². The average Bonchev–Trinajstić information content (AvgIpc) is 3.34. The molecule has 0 aromatic heterocycles. The molecule has 37 heavy (non-hydrogen) atoms. The van der Waals surface area contributed by atoms with Crippen molar-refractivity contribution in [3.63, 3.8) is 0 Å². The maximum Gasteiger partial charge on any atom is 0.274 e. The Bertz CT molecular complexity index is 1410. The Morgan fingerprint density at radius 3 is 2.43 bits per heavy atom. The molecule has 0 aliphatic carbocycles. The van der Waals surface area contributed by atoms with Crippen LogP contribution in [0.2, 0.25) is 5.02 Å². The zero-order chi connectivity index (χ0) is 26.6. The summed E-state index contributed by atoms with van der Waals surface area (Å²) in [6.45, 7) is 0.348. The number of primary sulfonamides is 1. The summed E-state index contributed by atoms with van der Waals surface area (Å²) in [5.74, 6) is 0.602. The first kappa shape index (κ1) is 26.6. The third-order valence-corrected chi connectivity index (χ3v) is 7.04. The van der Waals surface area contributed by atoms with Crippen LogP contribution in [0.25, 0.3) is 0 Å². The van der Waals surface area contributed by atoms with Gasteiger partial charge in [-0.2, -0.15) is 5.10 Å². The van der Waals surface area contributed by atoms with E-state index in [1.807, 2.05) is 18.2 Å². The summed E-state index contributed by atoms with van der Waals surface area (Å²) >= 11 is 6.04. The second kappa shape index (κ2) is 11.3. The van der Waals surface area contributed by atoms with Gasteiger partial charge in [0, 0.05) is 30.0 Å². The number of methoxy groups -OCH3 is 1. The molecule has 0 spiro atoms. The van der Waals surface area contributed by atoms with Gasteiger partial charge in [-0.05, 0) is 59.7 Å². The molecule has 0 radical (unpaired) electrons. The van der Waals surface area contributed by atoms with Crippen LogP contribution in [0, 0.1) is 0 Å². The molecule has 1 aliphatic heterocycles. The number of halogens is 1. The molecule has 9 nitrogen and oxygen atoms in total. The van der Waals surface area contributed by atoms with E-state index >= 15 is 0 Å². The van der Waals surface area contributed by atoms with Gasteiger partial charge >= 0.3 is 0 Å². The number of hydrogen-bond acceptors (Lipinski definition) is 7. The van der Waals surface area contributed by atoms with Crippen LogP contribution in [-0.2, 0) is 10.0 Å². The van der Waals surface area contributed by atoms with Crippen molar-refractivity contribution in [2.45, 2.75) is 23.8 Å². The second-order valence-corrected chi connectivity index (χ2v) is 10.3. The molecule has 1 atom stereocenters. The number of aliphatic hydroxyl groups excluding tert-OH is 1. The van der Waals surface area contributed by atoms with Gasteiger partial charge in [0.25, 0.3) is 5.91 Å². The van der Waals surface area contributed by atoms with Crippen molar-refractivity contribution in [2.75, 3.05) is 20.3 Å². The molecule has 1 aliphatic rings. The Hall–Kier alpha value is -3.44. The highest BCUT2D eigenvalue weighted by molar-refractivity contribution is 7.89. The predicted octanol–water partition coefficient (Wildman–Crippen LogP) is 3.75. The lowest BCUT2D eigenvalue weighted by Crippen LogP contribution is -2.27. The lowest BCUT2D eigenvalue weighted by molar-refractivity contribution is 0.0711. The minimum Gasteiger partial charge on any atom is -0.493 e. The molecule has 1 amide bonds. The number of hydrazone groups is 1. The molecule has 0 saturated heterocycles. The van der Waals surface area contributed by atoms with Gasteiger partial charge in [-0.25, -0.2) is 18.6 Å². The molecule has 0 fully saturated rings. The van der Waals surface area contributed by atoms with Gasteiger partial charge in [-0.1, -0.05) is 29.8 Å². The van der Waals surface area contributed by atoms with Crippen molar-refractivity contribution in [1.82, 2.24) is 5.01 Å². The molecule has 1 heterocycles. The number of carbonyl (C=O) groups excluding carboxylic acids is 1. The number of rotatable bonds is 9. The number of nitrogens with two attached hydrogens (primary N) is 1. The predicted molar refractivity (Wildman–Crippen MR) is 140 cm³/mol. The van der Waals surface area contributed by atoms with E-state index < -0.39 is 22.0 Å². The summed E-state index contributed by atoms with van der Waals surface area (Å²) in [6.07, 6.45) is 0.912. The summed E-state index contributed by atoms with van der Waals surface area (Å²) in [6, 6.07) is 17.5. The van der Waals surface area contributed by atoms with E-state index in [9.17, 15) is 13.2 Å². The zero-order valence-corrected chi connectivity index (χ0v) is 21.6. The largest absolute Gasteiger partial charge is 0.493 e. The zero-order valence-electron chi connectivity index (χ0n) is 20.0. The van der Waals surface area contributed by atoms with Crippen molar-refractivity contribution in [1.29, 1.82) is 0 Å². The smallest absolute Gasteiger partial charge is 0.274 e. The van der Waals surface area contributed by atoms with Crippen molar-refractivity contribution < 1.29 is 27.8 Å². The van der Waals surface area contributed by atoms with E-state index in [0.29, 0.717) is 41.7 Å². The summed E-state index contributed by atoms with van der Waals surface area (Å²) in [4.78, 5) is 13.5. The molecule has 194 valence electrons. The maximum absolute atomic E-state index is 13.6. The quantitative estimate of drug-likeness (QED) is 0.395. The summed E-state index contributed by atoms with van der Waals surface area (Å²) < 4.78 is 34.5. The first-order chi connectivity index (χ1) is 17.7. The Morgan fingerprint density at radius 1 is 1.11 bits per heavy atom. The summed E-state index contributed by atoms with van der Waals surface area (Å²) in [5, 5.41) is 20.8. The van der Waals surface area contributed by atoms with Gasteiger partial charge in [0.05, 0.1) is 30.4 Å². The van der Waals surface area contributed by atoms with Crippen LogP contribution in [0.3, 0.4) is 0 Å². The van der Waals surface area contributed by atoms with E-state index in [4.69, 9.17) is 31.3 Å². The Kier molecular flexibility index (Phi) is 8.13. The number of carbonyl (C=O) groups is 1. The molecule has 1 unspecified atom stereocenters. The number of amides is 1. The monoisotopic (exact) mass is 543 g/mol. The highest BCUT2D eigenvalue weighted by atomic mass is 35.5. The number of aliphatic hydroxyl groups is 1. The first-order valence-electron chi connectivity index (χ1n) is 11.4. The fraction of sp³-hybridized carbons (Fsp3) is 0.231. The van der Waals surface area contributed by atoms with Gasteiger partial charge in [0.2, 0.25) is 10.0 Å². The van der Waals surface area contributed by atoms with Gasteiger partial charge in [-0.3, -0.25) is 4.79 Å². The average molecular weight is 544 g/mol. The number of sulfonamides is 1. The third kappa shape index (κ3) is 6.11. The van der Waals surface area contributed by atoms with Crippen LogP contribution >= 0.6 is 11.6 Å². The topological polar surface area (TPSA) is 132 Å². The van der Waals surface area contributed by atoms with E-state index in [1.165, 1.54) is 36.4 Å². The van der Waals surface area contributed by atoms with Crippen LogP contribution in [0.15, 0.2) is 76.7 Å². The van der Waals surface area contributed by atoms with Crippen molar-refractivity contribution in [3.05, 3.63) is 88.4 Å². The van der Waals surface area contributed by atoms with Crippen LogP contribution in [0.5, 0.6) is 11.5 Å². The normalized spacial score (nSPS) is 15.4. The number of hydrogen-bond donors (Lipinski definition) is 2. The number of benzene rings is 3. The molecular weight excluding hydrogens is 518 g/mol. The number of nitrogens with zero attached hydrogens (tertiary/aromatic N) is 2. The van der Waals surface area contributed by atoms with Crippen LogP contribution in [-0.4, -0.2) is 50.5 Å². The van der Waals surface area contributed by atoms with Crippen LogP contribution in [0.1, 0.15) is 40.4 Å². The summed E-state index contributed by atoms with van der Waals surface area (Å²) in [7, 11) is -2.36. The first-order valence-corrected chi connectivity index (χ1v) is 13.3. The Morgan fingerprint density at radius 2 is 1.81 bits per heavy atom. The van der Waals surface area contributed by atoms with E-state index in [-0.39, 0.29) is 17.1 Å². The minimum atomic E-state index is -3.89. The maximum atomic E-state index is 13.6. The molecular formula is C26H26ClN3O6S. The molecule has 3 aromatic carbocycles. The SMILES string of the molecule is COc1cc(C2CC(c3ccc(Cl)cc3)=NN2C(=O)c2ccc(S(N)(=O)=O)cc2)ccc1OCCCO. The molecule has 3 N–H and O–H groups in total. The van der Waals surface area contributed by atoms with Gasteiger partial charge in [0.1, 0.15) is 0 Å². The molecule has 0 saturated carbocycles. The Labute approximate surface area is 220 Å². The Balaban J connectivity index is 1.69. The summed E-state index contributed by atoms with van der Waals surface area (Å²) in [5.41, 5.74) is 2.55. The fourth-order valence-electron chi connectivity index (χ4n) is 3.95. The van der Waals surface area contributed by atoms with Crippen LogP contribution < -0.4 is 14.6 Å². The molecule has 0 bridgehead atoms. The van der Waals surface area contributed by atoms with Crippen molar-refractivity contribution in [2.24, 2.45) is 10.2 Å². The van der Waals surface area contributed by atoms with Crippen molar-refractivity contribution >= 4 is 33.2 Å². The van der Waals surface area contributed by atoms with E-state index in [1.54, 1.807) is 24.3 Å². The lowest BCUT2D eigenvalue weighted by atomic mass is 9.97. The highest BCUT2D eigenvalue weighted by Crippen LogP contribution is 2.38. The van der Waals surface area contributed by atoms with E-state index in [2.05, 4.69) is 5.10 Å². The molecule has 3 aromatic rings. The van der Waals surface area contributed by atoms with Gasteiger partial charge < -0.3 is 14.6 Å². The third-order valence-electron chi connectivity index (χ3n) is 5.86. The minimum absolute atomic E-state index is 0.0164. The lowest BCUT2D eigenvalue weighted by Gasteiger charge is -2.23. The standard InChI is InChI=1S/C26H26ClN3O6S/c1-35-25-15-19(7-12-24(25)36-14-2-13-31)23-16-22(17-3-8-20(27)9-4-17)29-30(23)26(32)18-5-10-21(11-6-18)37(28,33)34/h3-12,15,23,31H,2,13-14,16H2,1H3,(H2,28,33,34). The number of ether oxygens (including phenoxy) is 2. The fourth-order valence-corrected chi connectivity index (χ4v) is 4.59. The molecule has 4 rings (SSSR count). The van der Waals surface area contributed by atoms with E-state index in [0.717, 1.165) is 11.1 Å². The highest BCUT2D eigenvalue weighted by Gasteiger charge is 2.34.